The number of amides is 1. The molecule has 4 aliphatic rings. The van der Waals surface area contributed by atoms with Crippen LogP contribution in [0.3, 0.4) is 0 Å². The van der Waals surface area contributed by atoms with Gasteiger partial charge in [-0.3, -0.25) is 4.79 Å². The van der Waals surface area contributed by atoms with Gasteiger partial charge in [0.2, 0.25) is 5.91 Å². The molecule has 3 nitrogen and oxygen atoms in total. The van der Waals surface area contributed by atoms with Crippen molar-refractivity contribution < 1.29 is 9.53 Å². The zero-order chi connectivity index (χ0) is 14.4. The minimum atomic E-state index is -0.0855. The third-order valence-corrected chi connectivity index (χ3v) is 5.85. The molecular formula is C18H23NO2. The zero-order valence-electron chi connectivity index (χ0n) is 12.6. The maximum Gasteiger partial charge on any atom is 0.230 e. The number of rotatable bonds is 3. The first-order valence-corrected chi connectivity index (χ1v) is 8.12. The summed E-state index contributed by atoms with van der Waals surface area (Å²) in [5.41, 5.74) is 0.771. The van der Waals surface area contributed by atoms with Crippen molar-refractivity contribution in [2.75, 3.05) is 12.4 Å². The molecule has 21 heavy (non-hydrogen) atoms. The van der Waals surface area contributed by atoms with Gasteiger partial charge in [-0.25, -0.2) is 0 Å². The lowest BCUT2D eigenvalue weighted by Gasteiger charge is -2.55. The molecule has 4 aliphatic carbocycles. The molecule has 1 aromatic rings. The SMILES string of the molecule is COc1cccc(NC(=O)C23CC4CC(CC(C4)C2)C3)c1. The molecule has 4 fully saturated rings. The lowest BCUT2D eigenvalue weighted by molar-refractivity contribution is -0.140. The Bertz CT molecular complexity index is 531. The van der Waals surface area contributed by atoms with E-state index in [1.165, 1.54) is 19.3 Å². The maximum atomic E-state index is 12.9. The van der Waals surface area contributed by atoms with E-state index < -0.39 is 0 Å². The van der Waals surface area contributed by atoms with Crippen LogP contribution in [-0.4, -0.2) is 13.0 Å². The average Bonchev–Trinajstić information content (AvgIpc) is 2.46. The average molecular weight is 285 g/mol. The summed E-state index contributed by atoms with van der Waals surface area (Å²) in [5, 5.41) is 3.15. The van der Waals surface area contributed by atoms with Crippen LogP contribution < -0.4 is 10.1 Å². The van der Waals surface area contributed by atoms with Crippen LogP contribution in [-0.2, 0) is 4.79 Å². The van der Waals surface area contributed by atoms with Crippen LogP contribution in [0.25, 0.3) is 0 Å². The van der Waals surface area contributed by atoms with Crippen LogP contribution in [0.5, 0.6) is 5.75 Å². The highest BCUT2D eigenvalue weighted by molar-refractivity contribution is 5.95. The molecule has 0 aliphatic heterocycles. The zero-order valence-corrected chi connectivity index (χ0v) is 12.6. The molecule has 0 unspecified atom stereocenters. The third kappa shape index (κ3) is 2.23. The maximum absolute atomic E-state index is 12.9. The summed E-state index contributed by atoms with van der Waals surface area (Å²) < 4.78 is 5.23. The number of carbonyl (C=O) groups is 1. The standard InChI is InChI=1S/C18H23NO2/c1-21-16-4-2-3-15(8-16)19-17(20)18-9-12-5-13(10-18)7-14(6-12)11-18/h2-4,8,12-14H,5-7,9-11H2,1H3,(H,19,20). The highest BCUT2D eigenvalue weighted by Crippen LogP contribution is 2.60. The van der Waals surface area contributed by atoms with Gasteiger partial charge >= 0.3 is 0 Å². The van der Waals surface area contributed by atoms with Gasteiger partial charge in [0.05, 0.1) is 12.5 Å². The Morgan fingerprint density at radius 1 is 1.14 bits per heavy atom. The lowest BCUT2D eigenvalue weighted by Crippen LogP contribution is -2.51. The van der Waals surface area contributed by atoms with Crippen LogP contribution in [0.2, 0.25) is 0 Å². The molecule has 1 aromatic carbocycles. The van der Waals surface area contributed by atoms with Crippen molar-refractivity contribution in [2.24, 2.45) is 23.2 Å². The summed E-state index contributed by atoms with van der Waals surface area (Å²) >= 11 is 0. The van der Waals surface area contributed by atoms with Crippen molar-refractivity contribution in [1.29, 1.82) is 0 Å². The highest BCUT2D eigenvalue weighted by Gasteiger charge is 2.54. The quantitative estimate of drug-likeness (QED) is 0.916. The van der Waals surface area contributed by atoms with Gasteiger partial charge in [-0.2, -0.15) is 0 Å². The van der Waals surface area contributed by atoms with Crippen molar-refractivity contribution in [2.45, 2.75) is 38.5 Å². The summed E-state index contributed by atoms with van der Waals surface area (Å²) in [6.07, 6.45) is 7.42. The Morgan fingerprint density at radius 2 is 1.76 bits per heavy atom. The van der Waals surface area contributed by atoms with E-state index in [0.717, 1.165) is 48.5 Å². The Morgan fingerprint density at radius 3 is 2.33 bits per heavy atom. The van der Waals surface area contributed by atoms with Crippen molar-refractivity contribution in [1.82, 2.24) is 0 Å². The molecular weight excluding hydrogens is 262 g/mol. The van der Waals surface area contributed by atoms with E-state index in [1.54, 1.807) is 7.11 Å². The third-order valence-electron chi connectivity index (χ3n) is 5.85. The van der Waals surface area contributed by atoms with E-state index >= 15 is 0 Å². The first-order valence-electron chi connectivity index (χ1n) is 8.12. The van der Waals surface area contributed by atoms with Crippen molar-refractivity contribution >= 4 is 11.6 Å². The van der Waals surface area contributed by atoms with E-state index in [-0.39, 0.29) is 11.3 Å². The van der Waals surface area contributed by atoms with Crippen molar-refractivity contribution in [3.8, 4) is 5.75 Å². The fraction of sp³-hybridized carbons (Fsp3) is 0.611. The van der Waals surface area contributed by atoms with Crippen molar-refractivity contribution in [3.63, 3.8) is 0 Å². The second kappa shape index (κ2) is 4.75. The number of nitrogens with one attached hydrogen (secondary N) is 1. The van der Waals surface area contributed by atoms with Gasteiger partial charge < -0.3 is 10.1 Å². The Balaban J connectivity index is 1.54. The first-order chi connectivity index (χ1) is 10.2. The Labute approximate surface area is 126 Å². The minimum Gasteiger partial charge on any atom is -0.497 e. The Hall–Kier alpha value is -1.51. The van der Waals surface area contributed by atoms with E-state index in [2.05, 4.69) is 5.32 Å². The Kier molecular flexibility index (Phi) is 2.98. The van der Waals surface area contributed by atoms with E-state index in [4.69, 9.17) is 4.74 Å². The number of methoxy groups -OCH3 is 1. The fourth-order valence-electron chi connectivity index (χ4n) is 5.35. The number of carbonyl (C=O) groups excluding carboxylic acids is 1. The molecule has 3 heteroatoms. The molecule has 0 aromatic heterocycles. The predicted octanol–water partition coefficient (Wildman–Crippen LogP) is 3.85. The van der Waals surface area contributed by atoms with E-state index in [0.29, 0.717) is 0 Å². The summed E-state index contributed by atoms with van der Waals surface area (Å²) in [6.45, 7) is 0. The summed E-state index contributed by atoms with van der Waals surface area (Å²) in [6, 6.07) is 7.67. The van der Waals surface area contributed by atoms with E-state index in [9.17, 15) is 4.79 Å². The van der Waals surface area contributed by atoms with E-state index in [1.807, 2.05) is 24.3 Å². The van der Waals surface area contributed by atoms with Gasteiger partial charge in [0.15, 0.2) is 0 Å². The van der Waals surface area contributed by atoms with Gasteiger partial charge in [-0.1, -0.05) is 6.07 Å². The fourth-order valence-corrected chi connectivity index (χ4v) is 5.35. The topological polar surface area (TPSA) is 38.3 Å². The normalized spacial score (nSPS) is 36.5. The summed E-state index contributed by atoms with van der Waals surface area (Å²) in [5.74, 6) is 3.43. The molecule has 1 amide bonds. The molecule has 4 saturated carbocycles. The molecule has 0 atom stereocenters. The van der Waals surface area contributed by atoms with Crippen LogP contribution in [0.15, 0.2) is 24.3 Å². The molecule has 0 radical (unpaired) electrons. The summed E-state index contributed by atoms with van der Waals surface area (Å²) in [4.78, 5) is 12.9. The number of benzene rings is 1. The first kappa shape index (κ1) is 13.2. The monoisotopic (exact) mass is 285 g/mol. The van der Waals surface area contributed by atoms with Crippen LogP contribution in [0, 0.1) is 23.2 Å². The minimum absolute atomic E-state index is 0.0855. The smallest absolute Gasteiger partial charge is 0.230 e. The number of hydrogen-bond donors (Lipinski definition) is 1. The predicted molar refractivity (Wildman–Crippen MR) is 82.2 cm³/mol. The van der Waals surface area contributed by atoms with Crippen LogP contribution >= 0.6 is 0 Å². The summed E-state index contributed by atoms with van der Waals surface area (Å²) in [7, 11) is 1.65. The van der Waals surface area contributed by atoms with Gasteiger partial charge in [-0.15, -0.1) is 0 Å². The molecule has 0 heterocycles. The lowest BCUT2D eigenvalue weighted by atomic mass is 9.49. The number of ether oxygens (including phenoxy) is 1. The molecule has 0 saturated heterocycles. The van der Waals surface area contributed by atoms with Crippen LogP contribution in [0.4, 0.5) is 5.69 Å². The molecule has 1 N–H and O–H groups in total. The van der Waals surface area contributed by atoms with Crippen molar-refractivity contribution in [3.05, 3.63) is 24.3 Å². The van der Waals surface area contributed by atoms with Gasteiger partial charge in [0.1, 0.15) is 5.75 Å². The number of anilines is 1. The molecule has 0 spiro atoms. The van der Waals surface area contributed by atoms with Crippen LogP contribution in [0.1, 0.15) is 38.5 Å². The second-order valence-corrected chi connectivity index (χ2v) is 7.38. The number of hydrogen-bond acceptors (Lipinski definition) is 2. The molecule has 5 rings (SSSR count). The molecule has 112 valence electrons. The highest BCUT2D eigenvalue weighted by atomic mass is 16.5. The van der Waals surface area contributed by atoms with Gasteiger partial charge in [-0.05, 0) is 68.4 Å². The second-order valence-electron chi connectivity index (χ2n) is 7.38. The van der Waals surface area contributed by atoms with Gasteiger partial charge in [0.25, 0.3) is 0 Å². The molecule has 4 bridgehead atoms. The largest absolute Gasteiger partial charge is 0.497 e. The van der Waals surface area contributed by atoms with Gasteiger partial charge in [0, 0.05) is 11.8 Å².